The standard InChI is InChI=1S/C24H25N3O2/c1-17(27-11-13-28-14-12-27)24-25-21-15-22(29-16-18-7-3-2-4-8-18)19-9-5-6-10-20(19)23(21)26-24/h2-10,15,17H,11-14,16H2,1H3,(H,25,26). The molecule has 0 bridgehead atoms. The number of aromatic amines is 1. The van der Waals surface area contributed by atoms with Crippen molar-refractivity contribution < 1.29 is 9.47 Å². The molecule has 1 N–H and O–H groups in total. The Morgan fingerprint density at radius 3 is 2.55 bits per heavy atom. The van der Waals surface area contributed by atoms with Crippen LogP contribution < -0.4 is 4.74 Å². The number of hydrogen-bond acceptors (Lipinski definition) is 4. The van der Waals surface area contributed by atoms with E-state index in [9.17, 15) is 0 Å². The summed E-state index contributed by atoms with van der Waals surface area (Å²) in [7, 11) is 0. The number of benzene rings is 3. The van der Waals surface area contributed by atoms with E-state index in [1.54, 1.807) is 0 Å². The number of nitrogens with zero attached hydrogens (tertiary/aromatic N) is 2. The Morgan fingerprint density at radius 1 is 1.03 bits per heavy atom. The van der Waals surface area contributed by atoms with E-state index in [2.05, 4.69) is 53.2 Å². The molecule has 1 aromatic heterocycles. The maximum absolute atomic E-state index is 6.22. The Kier molecular flexibility index (Phi) is 4.92. The Morgan fingerprint density at radius 2 is 1.76 bits per heavy atom. The van der Waals surface area contributed by atoms with Gasteiger partial charge in [0.2, 0.25) is 0 Å². The molecule has 3 aromatic carbocycles. The predicted molar refractivity (Wildman–Crippen MR) is 115 cm³/mol. The van der Waals surface area contributed by atoms with E-state index in [0.29, 0.717) is 6.61 Å². The fraction of sp³-hybridized carbons (Fsp3) is 0.292. The third kappa shape index (κ3) is 3.59. The molecule has 1 aliphatic rings. The van der Waals surface area contributed by atoms with Gasteiger partial charge in [-0.2, -0.15) is 0 Å². The summed E-state index contributed by atoms with van der Waals surface area (Å²) in [5.41, 5.74) is 3.17. The van der Waals surface area contributed by atoms with E-state index in [1.807, 2.05) is 24.3 Å². The zero-order chi connectivity index (χ0) is 19.6. The highest BCUT2D eigenvalue weighted by Gasteiger charge is 2.22. The van der Waals surface area contributed by atoms with Crippen molar-refractivity contribution in [1.82, 2.24) is 14.9 Å². The van der Waals surface area contributed by atoms with E-state index < -0.39 is 0 Å². The topological polar surface area (TPSA) is 50.4 Å². The van der Waals surface area contributed by atoms with Gasteiger partial charge in [-0.15, -0.1) is 0 Å². The number of nitrogens with one attached hydrogen (secondary N) is 1. The molecular weight excluding hydrogens is 362 g/mol. The summed E-state index contributed by atoms with van der Waals surface area (Å²) in [6.45, 7) is 6.18. The third-order valence-corrected chi connectivity index (χ3v) is 5.70. The van der Waals surface area contributed by atoms with Gasteiger partial charge in [0.25, 0.3) is 0 Å². The molecule has 0 aliphatic carbocycles. The lowest BCUT2D eigenvalue weighted by Gasteiger charge is -2.31. The number of aromatic nitrogens is 2. The highest BCUT2D eigenvalue weighted by molar-refractivity contribution is 6.07. The molecule has 2 heterocycles. The predicted octanol–water partition coefficient (Wildman–Crippen LogP) is 4.69. The number of fused-ring (bicyclic) bond motifs is 3. The smallest absolute Gasteiger partial charge is 0.129 e. The minimum atomic E-state index is 0.221. The van der Waals surface area contributed by atoms with Crippen LogP contribution in [-0.2, 0) is 11.3 Å². The third-order valence-electron chi connectivity index (χ3n) is 5.70. The molecule has 1 aliphatic heterocycles. The molecule has 29 heavy (non-hydrogen) atoms. The molecule has 4 aromatic rings. The van der Waals surface area contributed by atoms with Crippen LogP contribution in [0.25, 0.3) is 21.8 Å². The quantitative estimate of drug-likeness (QED) is 0.540. The Balaban J connectivity index is 1.52. The van der Waals surface area contributed by atoms with Gasteiger partial charge in [-0.05, 0) is 12.5 Å². The first kappa shape index (κ1) is 18.2. The lowest BCUT2D eigenvalue weighted by Crippen LogP contribution is -2.38. The summed E-state index contributed by atoms with van der Waals surface area (Å²) in [5.74, 6) is 1.87. The fourth-order valence-corrected chi connectivity index (χ4v) is 4.02. The first-order valence-corrected chi connectivity index (χ1v) is 10.2. The van der Waals surface area contributed by atoms with Crippen molar-refractivity contribution in [2.24, 2.45) is 0 Å². The van der Waals surface area contributed by atoms with Crippen LogP contribution in [0.15, 0.2) is 60.7 Å². The first-order valence-electron chi connectivity index (χ1n) is 10.2. The molecule has 0 radical (unpaired) electrons. The van der Waals surface area contributed by atoms with Crippen LogP contribution in [0.2, 0.25) is 0 Å². The van der Waals surface area contributed by atoms with Gasteiger partial charge >= 0.3 is 0 Å². The molecule has 1 saturated heterocycles. The van der Waals surface area contributed by atoms with Gasteiger partial charge in [0.05, 0.1) is 30.3 Å². The summed E-state index contributed by atoms with van der Waals surface area (Å²) in [4.78, 5) is 10.9. The van der Waals surface area contributed by atoms with Gasteiger partial charge in [-0.25, -0.2) is 4.98 Å². The largest absolute Gasteiger partial charge is 0.488 e. The van der Waals surface area contributed by atoms with Gasteiger partial charge in [-0.1, -0.05) is 54.6 Å². The monoisotopic (exact) mass is 387 g/mol. The molecule has 5 rings (SSSR count). The maximum Gasteiger partial charge on any atom is 0.129 e. The summed E-state index contributed by atoms with van der Waals surface area (Å²) in [6, 6.07) is 20.9. The number of hydrogen-bond donors (Lipinski definition) is 1. The lowest BCUT2D eigenvalue weighted by atomic mass is 10.1. The van der Waals surface area contributed by atoms with Crippen LogP contribution in [-0.4, -0.2) is 41.2 Å². The summed E-state index contributed by atoms with van der Waals surface area (Å²) >= 11 is 0. The number of ether oxygens (including phenoxy) is 2. The fourth-order valence-electron chi connectivity index (χ4n) is 4.02. The molecule has 1 atom stereocenters. The minimum Gasteiger partial charge on any atom is -0.488 e. The second kappa shape index (κ2) is 7.85. The van der Waals surface area contributed by atoms with E-state index >= 15 is 0 Å². The van der Waals surface area contributed by atoms with Crippen molar-refractivity contribution in [2.75, 3.05) is 26.3 Å². The van der Waals surface area contributed by atoms with E-state index in [1.165, 1.54) is 0 Å². The maximum atomic E-state index is 6.22. The van der Waals surface area contributed by atoms with Crippen molar-refractivity contribution in [1.29, 1.82) is 0 Å². The summed E-state index contributed by atoms with van der Waals surface area (Å²) in [6.07, 6.45) is 0. The van der Waals surface area contributed by atoms with Crippen LogP contribution >= 0.6 is 0 Å². The van der Waals surface area contributed by atoms with E-state index in [0.717, 1.165) is 65.2 Å². The minimum absolute atomic E-state index is 0.221. The molecule has 148 valence electrons. The normalized spacial score (nSPS) is 16.3. The SMILES string of the molecule is CC(c1nc2c(cc(OCc3ccccc3)c3ccccc32)[nH]1)N1CCOCC1. The van der Waals surface area contributed by atoms with Gasteiger partial charge in [0.1, 0.15) is 18.2 Å². The van der Waals surface area contributed by atoms with Crippen LogP contribution in [0.4, 0.5) is 0 Å². The summed E-state index contributed by atoms with van der Waals surface area (Å²) in [5, 5.41) is 2.21. The molecule has 0 spiro atoms. The number of imidazole rings is 1. The van der Waals surface area contributed by atoms with Gasteiger partial charge < -0.3 is 14.5 Å². The molecular formula is C24H25N3O2. The zero-order valence-electron chi connectivity index (χ0n) is 16.6. The number of H-pyrrole nitrogens is 1. The Bertz CT molecular complexity index is 1120. The van der Waals surface area contributed by atoms with E-state index in [-0.39, 0.29) is 6.04 Å². The Labute approximate surface area is 170 Å². The molecule has 5 nitrogen and oxygen atoms in total. The van der Waals surface area contributed by atoms with Crippen LogP contribution in [0.3, 0.4) is 0 Å². The molecule has 0 amide bonds. The molecule has 1 unspecified atom stereocenters. The van der Waals surface area contributed by atoms with Crippen molar-refractivity contribution >= 4 is 21.8 Å². The van der Waals surface area contributed by atoms with Gasteiger partial charge in [-0.3, -0.25) is 4.90 Å². The van der Waals surface area contributed by atoms with Crippen LogP contribution in [0.5, 0.6) is 5.75 Å². The molecule has 5 heteroatoms. The first-order chi connectivity index (χ1) is 14.3. The van der Waals surface area contributed by atoms with Crippen molar-refractivity contribution in [2.45, 2.75) is 19.6 Å². The van der Waals surface area contributed by atoms with Crippen molar-refractivity contribution in [3.8, 4) is 5.75 Å². The number of morpholine rings is 1. The average molecular weight is 387 g/mol. The van der Waals surface area contributed by atoms with Gasteiger partial charge in [0, 0.05) is 29.9 Å². The van der Waals surface area contributed by atoms with Gasteiger partial charge in [0.15, 0.2) is 0 Å². The Hall–Kier alpha value is -2.89. The highest BCUT2D eigenvalue weighted by atomic mass is 16.5. The number of rotatable bonds is 5. The van der Waals surface area contributed by atoms with Crippen molar-refractivity contribution in [3.05, 3.63) is 72.1 Å². The summed E-state index contributed by atoms with van der Waals surface area (Å²) < 4.78 is 11.7. The lowest BCUT2D eigenvalue weighted by molar-refractivity contribution is 0.0184. The zero-order valence-corrected chi connectivity index (χ0v) is 16.6. The van der Waals surface area contributed by atoms with Crippen LogP contribution in [0.1, 0.15) is 24.4 Å². The van der Waals surface area contributed by atoms with Crippen LogP contribution in [0, 0.1) is 0 Å². The van der Waals surface area contributed by atoms with E-state index in [4.69, 9.17) is 14.5 Å². The molecule has 0 saturated carbocycles. The van der Waals surface area contributed by atoms with Crippen molar-refractivity contribution in [3.63, 3.8) is 0 Å². The second-order valence-electron chi connectivity index (χ2n) is 7.54. The second-order valence-corrected chi connectivity index (χ2v) is 7.54. The highest BCUT2D eigenvalue weighted by Crippen LogP contribution is 2.34. The average Bonchev–Trinajstić information content (AvgIpc) is 3.22. The molecule has 1 fully saturated rings.